The van der Waals surface area contributed by atoms with E-state index >= 15 is 0 Å². The minimum absolute atomic E-state index is 0.0527. The van der Waals surface area contributed by atoms with Gasteiger partial charge in [0.1, 0.15) is 0 Å². The summed E-state index contributed by atoms with van der Waals surface area (Å²) in [6, 6.07) is 0. The van der Waals surface area contributed by atoms with Crippen molar-refractivity contribution in [2.75, 3.05) is 0 Å². The lowest BCUT2D eigenvalue weighted by Crippen LogP contribution is -2.15. The summed E-state index contributed by atoms with van der Waals surface area (Å²) in [4.78, 5) is 18.2. The number of aromatic amines is 1. The van der Waals surface area contributed by atoms with E-state index in [0.29, 0.717) is 3.83 Å². The van der Waals surface area contributed by atoms with Crippen molar-refractivity contribution >= 4 is 22.6 Å². The van der Waals surface area contributed by atoms with E-state index in [0.717, 1.165) is 30.5 Å². The molecule has 1 aliphatic carbocycles. The van der Waals surface area contributed by atoms with Gasteiger partial charge in [-0.25, -0.2) is 4.98 Å². The number of aryl methyl sites for hydroxylation is 1. The quantitative estimate of drug-likeness (QED) is 0.557. The molecule has 1 aromatic rings. The van der Waals surface area contributed by atoms with E-state index in [-0.39, 0.29) is 5.56 Å². The second-order valence-electron chi connectivity index (χ2n) is 2.64. The van der Waals surface area contributed by atoms with Crippen molar-refractivity contribution in [2.24, 2.45) is 0 Å². The molecule has 0 unspecified atom stereocenters. The predicted octanol–water partition coefficient (Wildman–Crippen LogP) is 0.863. The maximum absolute atomic E-state index is 11.2. The molecule has 1 N–H and O–H groups in total. The number of H-pyrrole nitrogens is 1. The Morgan fingerprint density at radius 3 is 3.09 bits per heavy atom. The van der Waals surface area contributed by atoms with E-state index in [2.05, 4.69) is 9.97 Å². The minimum atomic E-state index is 0.0527. The molecule has 0 atom stereocenters. The van der Waals surface area contributed by atoms with Gasteiger partial charge >= 0.3 is 0 Å². The fourth-order valence-electron chi connectivity index (χ4n) is 1.41. The number of nitrogens with one attached hydrogen (secondary N) is 1. The molecule has 0 fully saturated rings. The van der Waals surface area contributed by atoms with Gasteiger partial charge in [0.2, 0.25) is 0 Å². The molecule has 0 saturated heterocycles. The molecule has 4 heteroatoms. The lowest BCUT2D eigenvalue weighted by atomic mass is 10.3. The molecule has 11 heavy (non-hydrogen) atoms. The van der Waals surface area contributed by atoms with E-state index in [9.17, 15) is 4.79 Å². The summed E-state index contributed by atoms with van der Waals surface area (Å²) < 4.78 is 0.702. The van der Waals surface area contributed by atoms with Gasteiger partial charge in [0.05, 0.1) is 5.69 Å². The largest absolute Gasteiger partial charge is 0.302 e. The lowest BCUT2D eigenvalue weighted by Gasteiger charge is -1.95. The third-order valence-electron chi connectivity index (χ3n) is 1.91. The van der Waals surface area contributed by atoms with Crippen molar-refractivity contribution in [1.29, 1.82) is 0 Å². The third-order valence-corrected chi connectivity index (χ3v) is 2.42. The number of fused-ring (bicyclic) bond motifs is 1. The summed E-state index contributed by atoms with van der Waals surface area (Å²) in [5.41, 5.74) is 1.94. The second-order valence-corrected chi connectivity index (χ2v) is 3.66. The van der Waals surface area contributed by atoms with Gasteiger partial charge < -0.3 is 4.98 Å². The number of aromatic nitrogens is 2. The van der Waals surface area contributed by atoms with Crippen LogP contribution >= 0.6 is 22.6 Å². The van der Waals surface area contributed by atoms with Gasteiger partial charge in [0.25, 0.3) is 5.56 Å². The molecule has 58 valence electrons. The fraction of sp³-hybridized carbons (Fsp3) is 0.429. The zero-order valence-electron chi connectivity index (χ0n) is 5.85. The van der Waals surface area contributed by atoms with Crippen LogP contribution in [0.25, 0.3) is 0 Å². The van der Waals surface area contributed by atoms with Crippen molar-refractivity contribution in [1.82, 2.24) is 9.97 Å². The zero-order valence-corrected chi connectivity index (χ0v) is 8.01. The summed E-state index contributed by atoms with van der Waals surface area (Å²) in [6.45, 7) is 0. The summed E-state index contributed by atoms with van der Waals surface area (Å²) in [7, 11) is 0. The molecule has 1 heterocycles. The van der Waals surface area contributed by atoms with Gasteiger partial charge in [-0.15, -0.1) is 0 Å². The standard InChI is InChI=1S/C7H7IN2O/c8-7-9-5-3-1-2-4(5)6(11)10-7/h1-3H2,(H,9,10,11). The molecule has 2 rings (SSSR count). The van der Waals surface area contributed by atoms with Crippen molar-refractivity contribution in [2.45, 2.75) is 19.3 Å². The van der Waals surface area contributed by atoms with Gasteiger partial charge in [0, 0.05) is 5.56 Å². The molecule has 1 aromatic heterocycles. The van der Waals surface area contributed by atoms with E-state index in [4.69, 9.17) is 0 Å². The van der Waals surface area contributed by atoms with Gasteiger partial charge in [-0.3, -0.25) is 4.79 Å². The molecule has 0 amide bonds. The molecule has 0 radical (unpaired) electrons. The van der Waals surface area contributed by atoms with Crippen LogP contribution in [-0.4, -0.2) is 9.97 Å². The maximum atomic E-state index is 11.2. The highest BCUT2D eigenvalue weighted by Crippen LogP contribution is 2.15. The normalized spacial score (nSPS) is 15.0. The van der Waals surface area contributed by atoms with Crippen LogP contribution < -0.4 is 5.56 Å². The van der Waals surface area contributed by atoms with E-state index in [1.807, 2.05) is 22.6 Å². The molecule has 0 spiro atoms. The topological polar surface area (TPSA) is 45.8 Å². The molecule has 0 aromatic carbocycles. The Morgan fingerprint density at radius 1 is 1.45 bits per heavy atom. The molecule has 1 aliphatic rings. The molecular weight excluding hydrogens is 255 g/mol. The van der Waals surface area contributed by atoms with Gasteiger partial charge in [-0.1, -0.05) is 0 Å². The monoisotopic (exact) mass is 262 g/mol. The van der Waals surface area contributed by atoms with Gasteiger partial charge in [0.15, 0.2) is 3.83 Å². The Labute approximate surface area is 77.4 Å². The van der Waals surface area contributed by atoms with Gasteiger partial charge in [-0.05, 0) is 41.9 Å². The Bertz CT molecular complexity index is 345. The molecule has 0 bridgehead atoms. The average molecular weight is 262 g/mol. The summed E-state index contributed by atoms with van der Waals surface area (Å²) in [5.74, 6) is 0. The van der Waals surface area contributed by atoms with Gasteiger partial charge in [-0.2, -0.15) is 0 Å². The third kappa shape index (κ3) is 1.19. The minimum Gasteiger partial charge on any atom is -0.302 e. The van der Waals surface area contributed by atoms with Crippen molar-refractivity contribution in [3.8, 4) is 0 Å². The molecule has 3 nitrogen and oxygen atoms in total. The molecule has 0 saturated carbocycles. The number of hydrogen-bond acceptors (Lipinski definition) is 2. The Morgan fingerprint density at radius 2 is 2.27 bits per heavy atom. The zero-order chi connectivity index (χ0) is 7.84. The Balaban J connectivity index is 2.70. The highest BCUT2D eigenvalue weighted by molar-refractivity contribution is 14.1. The van der Waals surface area contributed by atoms with Crippen LogP contribution in [0.4, 0.5) is 0 Å². The average Bonchev–Trinajstić information content (AvgIpc) is 2.34. The maximum Gasteiger partial charge on any atom is 0.254 e. The van der Waals surface area contributed by atoms with Crippen LogP contribution in [0.15, 0.2) is 4.79 Å². The van der Waals surface area contributed by atoms with Crippen molar-refractivity contribution in [3.05, 3.63) is 25.4 Å². The summed E-state index contributed by atoms with van der Waals surface area (Å²) >= 11 is 2.03. The first-order valence-electron chi connectivity index (χ1n) is 3.55. The first kappa shape index (κ1) is 7.27. The van der Waals surface area contributed by atoms with E-state index in [1.54, 1.807) is 0 Å². The fourth-order valence-corrected chi connectivity index (χ4v) is 1.95. The number of hydrogen-bond donors (Lipinski definition) is 1. The van der Waals surface area contributed by atoms with E-state index in [1.165, 1.54) is 0 Å². The summed E-state index contributed by atoms with van der Waals surface area (Å²) in [6.07, 6.45) is 2.94. The SMILES string of the molecule is O=c1[nH]c(I)nc2c1CCC2. The van der Waals surface area contributed by atoms with Crippen LogP contribution in [-0.2, 0) is 12.8 Å². The first-order valence-corrected chi connectivity index (χ1v) is 4.63. The smallest absolute Gasteiger partial charge is 0.254 e. The second kappa shape index (κ2) is 2.58. The lowest BCUT2D eigenvalue weighted by molar-refractivity contribution is 0.897. The van der Waals surface area contributed by atoms with Crippen LogP contribution in [0.1, 0.15) is 17.7 Å². The Hall–Kier alpha value is -0.390. The number of halogens is 1. The highest BCUT2D eigenvalue weighted by atomic mass is 127. The Kier molecular flexibility index (Phi) is 1.71. The summed E-state index contributed by atoms with van der Waals surface area (Å²) in [5, 5.41) is 0. The number of rotatable bonds is 0. The van der Waals surface area contributed by atoms with Crippen LogP contribution in [0.2, 0.25) is 0 Å². The van der Waals surface area contributed by atoms with Crippen LogP contribution in [0.3, 0.4) is 0 Å². The van der Waals surface area contributed by atoms with Crippen molar-refractivity contribution < 1.29 is 0 Å². The van der Waals surface area contributed by atoms with Crippen LogP contribution in [0.5, 0.6) is 0 Å². The van der Waals surface area contributed by atoms with Crippen LogP contribution in [0, 0.1) is 3.83 Å². The number of nitrogens with zero attached hydrogens (tertiary/aromatic N) is 1. The molecule has 0 aliphatic heterocycles. The highest BCUT2D eigenvalue weighted by Gasteiger charge is 2.15. The van der Waals surface area contributed by atoms with E-state index < -0.39 is 0 Å². The molecular formula is C7H7IN2O. The van der Waals surface area contributed by atoms with Crippen molar-refractivity contribution in [3.63, 3.8) is 0 Å². The first-order chi connectivity index (χ1) is 5.27. The predicted molar refractivity (Wildman–Crippen MR) is 49.6 cm³/mol.